The van der Waals surface area contributed by atoms with Crippen LogP contribution in [0, 0.1) is 11.8 Å². The lowest BCUT2D eigenvalue weighted by Gasteiger charge is -2.24. The van der Waals surface area contributed by atoms with Crippen LogP contribution in [0.15, 0.2) is 24.3 Å². The van der Waals surface area contributed by atoms with E-state index in [2.05, 4.69) is 16.0 Å². The summed E-state index contributed by atoms with van der Waals surface area (Å²) in [5.74, 6) is -1.88. The van der Waals surface area contributed by atoms with Gasteiger partial charge in [-0.15, -0.1) is 0 Å². The number of ether oxygens (including phenoxy) is 4. The molecular weight excluding hydrogens is 572 g/mol. The lowest BCUT2D eigenvalue weighted by Crippen LogP contribution is -2.45. The first-order valence-corrected chi connectivity index (χ1v) is 15.1. The summed E-state index contributed by atoms with van der Waals surface area (Å²) in [7, 11) is 0. The average Bonchev–Trinajstić information content (AvgIpc) is 3.01. The lowest BCUT2D eigenvalue weighted by atomic mass is 9.89. The number of rotatable bonds is 26. The molecule has 0 saturated heterocycles. The number of aliphatic hydroxyl groups is 1. The smallest absolute Gasteiger partial charge is 0.312 e. The Morgan fingerprint density at radius 2 is 1.50 bits per heavy atom. The molecule has 0 aliphatic heterocycles. The molecule has 0 heterocycles. The molecule has 13 heteroatoms. The quantitative estimate of drug-likeness (QED) is 0.0960. The molecule has 0 spiro atoms. The Labute approximate surface area is 262 Å². The molecule has 0 aliphatic carbocycles. The highest BCUT2D eigenvalue weighted by atomic mass is 16.6. The van der Waals surface area contributed by atoms with E-state index in [1.165, 1.54) is 0 Å². The zero-order valence-electron chi connectivity index (χ0n) is 27.1. The maximum absolute atomic E-state index is 13.3. The molecule has 0 radical (unpaired) electrons. The van der Waals surface area contributed by atoms with Gasteiger partial charge in [-0.2, -0.15) is 0 Å². The molecule has 0 fully saturated rings. The minimum atomic E-state index is -0.785. The number of carbonyl (C=O) groups excluding carboxylic acids is 4. The van der Waals surface area contributed by atoms with Crippen molar-refractivity contribution in [1.29, 1.82) is 0 Å². The Hall–Kier alpha value is -3.10. The number of nitrogens with two attached hydrogens (primary N) is 1. The fraction of sp³-hybridized carbons (Fsp3) is 0.677. The summed E-state index contributed by atoms with van der Waals surface area (Å²) in [6, 6.07) is 5.25. The molecule has 13 nitrogen and oxygen atoms in total. The van der Waals surface area contributed by atoms with Gasteiger partial charge in [-0.1, -0.05) is 32.9 Å². The molecule has 2 atom stereocenters. The number of urea groups is 1. The molecule has 0 unspecified atom stereocenters. The van der Waals surface area contributed by atoms with Crippen molar-refractivity contribution >= 4 is 29.3 Å². The van der Waals surface area contributed by atoms with E-state index < -0.39 is 18.0 Å². The van der Waals surface area contributed by atoms with Crippen molar-refractivity contribution in [3.8, 4) is 0 Å². The van der Waals surface area contributed by atoms with Crippen molar-refractivity contribution in [3.05, 3.63) is 29.8 Å². The number of nitrogens with one attached hydrogen (secondary N) is 3. The number of carbonyl (C=O) groups is 4. The summed E-state index contributed by atoms with van der Waals surface area (Å²) in [5, 5.41) is 17.3. The summed E-state index contributed by atoms with van der Waals surface area (Å²) >= 11 is 0. The molecule has 1 rings (SSSR count). The maximum Gasteiger partial charge on any atom is 0.312 e. The highest BCUT2D eigenvalue weighted by molar-refractivity contribution is 5.97. The van der Waals surface area contributed by atoms with E-state index in [4.69, 9.17) is 26.1 Å². The Balaban J connectivity index is 2.47. The van der Waals surface area contributed by atoms with Crippen LogP contribution in [0.1, 0.15) is 59.8 Å². The van der Waals surface area contributed by atoms with Crippen LogP contribution in [0.4, 0.5) is 10.5 Å². The number of hydrogen-bond donors (Lipinski definition) is 5. The van der Waals surface area contributed by atoms with E-state index in [-0.39, 0.29) is 56.1 Å². The third-order valence-electron chi connectivity index (χ3n) is 6.46. The van der Waals surface area contributed by atoms with Gasteiger partial charge in [0.05, 0.1) is 58.9 Å². The first-order chi connectivity index (χ1) is 21.7. The molecule has 1 aromatic carbocycles. The highest BCUT2D eigenvalue weighted by Gasteiger charge is 2.29. The number of anilines is 1. The summed E-state index contributed by atoms with van der Waals surface area (Å²) in [6.07, 6.45) is 1.41. The third kappa shape index (κ3) is 18.5. The monoisotopic (exact) mass is 626 g/mol. The van der Waals surface area contributed by atoms with Gasteiger partial charge in [0.15, 0.2) is 5.78 Å². The zero-order chi connectivity index (χ0) is 33.3. The van der Waals surface area contributed by atoms with Gasteiger partial charge in [0, 0.05) is 39.0 Å². The largest absolute Gasteiger partial charge is 0.392 e. The number of aliphatic hydroxyl groups excluding tert-OH is 1. The molecule has 250 valence electrons. The molecule has 0 aliphatic rings. The van der Waals surface area contributed by atoms with Crippen molar-refractivity contribution in [2.45, 2.75) is 65.5 Å². The van der Waals surface area contributed by atoms with Gasteiger partial charge >= 0.3 is 6.03 Å². The van der Waals surface area contributed by atoms with Gasteiger partial charge in [0.2, 0.25) is 11.8 Å². The SMILES string of the molecule is [3H]CCCOCCOCCOCCOCCC(=O)N[C@H](C(=O)C[C@@H](CCCNC(N)=O)C(=O)Nc1ccc(CO)cc1)C(C)C. The van der Waals surface area contributed by atoms with Gasteiger partial charge in [0.25, 0.3) is 0 Å². The number of Topliss-reactive ketones (excluding diaryl/α,β-unsaturated/α-hetero) is 1. The standard InChI is InChI=1S/C31H52N4O9/c1-4-13-41-15-17-43-19-20-44-18-16-42-14-11-28(38)35-29(23(2)3)27(37)21-25(6-5-12-33-31(32)40)30(39)34-26-9-7-24(22-36)8-10-26/h7-10,23,25,29,36H,4-6,11-22H2,1-3H3,(H,34,39)(H,35,38)(H3,32,33,40)/t25-,29+/m1/s1/i1T. The third-order valence-corrected chi connectivity index (χ3v) is 6.46. The van der Waals surface area contributed by atoms with Gasteiger partial charge in [-0.3, -0.25) is 14.4 Å². The van der Waals surface area contributed by atoms with Crippen molar-refractivity contribution in [2.24, 2.45) is 17.6 Å². The first kappa shape index (κ1) is 37.1. The summed E-state index contributed by atoms with van der Waals surface area (Å²) in [5.41, 5.74) is 6.35. The molecule has 44 heavy (non-hydrogen) atoms. The summed E-state index contributed by atoms with van der Waals surface area (Å²) < 4.78 is 28.6. The predicted molar refractivity (Wildman–Crippen MR) is 166 cm³/mol. The second-order valence-corrected chi connectivity index (χ2v) is 10.5. The highest BCUT2D eigenvalue weighted by Crippen LogP contribution is 2.19. The van der Waals surface area contributed by atoms with E-state index in [9.17, 15) is 24.3 Å². The summed E-state index contributed by atoms with van der Waals surface area (Å²) in [6.45, 7) is 7.30. The maximum atomic E-state index is 13.3. The Bertz CT molecular complexity index is 982. The number of benzene rings is 1. The van der Waals surface area contributed by atoms with Gasteiger partial charge in [0.1, 0.15) is 0 Å². The van der Waals surface area contributed by atoms with Crippen molar-refractivity contribution in [1.82, 2.24) is 10.6 Å². The molecule has 0 saturated carbocycles. The minimum Gasteiger partial charge on any atom is -0.392 e. The molecule has 6 N–H and O–H groups in total. The second kappa shape index (κ2) is 24.2. The van der Waals surface area contributed by atoms with Crippen LogP contribution >= 0.6 is 0 Å². The average molecular weight is 627 g/mol. The molecule has 0 bridgehead atoms. The zero-order valence-corrected chi connectivity index (χ0v) is 26.1. The number of primary amides is 1. The van der Waals surface area contributed by atoms with E-state index in [1.807, 2.05) is 13.8 Å². The van der Waals surface area contributed by atoms with E-state index >= 15 is 0 Å². The fourth-order valence-electron chi connectivity index (χ4n) is 4.09. The van der Waals surface area contributed by atoms with E-state index in [0.717, 1.165) is 0 Å². The van der Waals surface area contributed by atoms with Crippen molar-refractivity contribution in [3.63, 3.8) is 0 Å². The summed E-state index contributed by atoms with van der Waals surface area (Å²) in [4.78, 5) is 50.1. The molecule has 1 aromatic rings. The number of ketones is 1. The molecular formula is C31H52N4O9. The van der Waals surface area contributed by atoms with Gasteiger partial charge in [-0.05, 0) is 42.9 Å². The van der Waals surface area contributed by atoms with Crippen LogP contribution in [-0.4, -0.2) is 94.2 Å². The van der Waals surface area contributed by atoms with Crippen LogP contribution < -0.4 is 21.7 Å². The van der Waals surface area contributed by atoms with E-state index in [1.54, 1.807) is 24.3 Å². The minimum absolute atomic E-state index is 0.0619. The van der Waals surface area contributed by atoms with Crippen LogP contribution in [0.2, 0.25) is 0 Å². The predicted octanol–water partition coefficient (Wildman–Crippen LogP) is 2.15. The van der Waals surface area contributed by atoms with Crippen molar-refractivity contribution in [2.75, 3.05) is 64.7 Å². The van der Waals surface area contributed by atoms with Crippen LogP contribution in [0.25, 0.3) is 0 Å². The van der Waals surface area contributed by atoms with Crippen molar-refractivity contribution < 1.29 is 44.6 Å². The molecule has 0 aromatic heterocycles. The van der Waals surface area contributed by atoms with Crippen LogP contribution in [0.3, 0.4) is 0 Å². The normalized spacial score (nSPS) is 12.8. The van der Waals surface area contributed by atoms with Gasteiger partial charge < -0.3 is 45.7 Å². The van der Waals surface area contributed by atoms with E-state index in [0.29, 0.717) is 83.7 Å². The second-order valence-electron chi connectivity index (χ2n) is 10.5. The van der Waals surface area contributed by atoms with Crippen LogP contribution in [0.5, 0.6) is 0 Å². The first-order valence-electron chi connectivity index (χ1n) is 15.8. The lowest BCUT2D eigenvalue weighted by molar-refractivity contribution is -0.131. The Morgan fingerprint density at radius 3 is 2.05 bits per heavy atom. The Kier molecular flexibility index (Phi) is 20.4. The molecule has 4 amide bonds. The fourth-order valence-corrected chi connectivity index (χ4v) is 4.09. The number of hydrogen-bond acceptors (Lipinski definition) is 9. The topological polar surface area (TPSA) is 188 Å². The number of amides is 4. The van der Waals surface area contributed by atoms with Crippen LogP contribution in [-0.2, 0) is 39.9 Å². The van der Waals surface area contributed by atoms with Gasteiger partial charge in [-0.25, -0.2) is 4.79 Å². The Morgan fingerprint density at radius 1 is 0.909 bits per heavy atom.